The van der Waals surface area contributed by atoms with Gasteiger partial charge >= 0.3 is 10.4 Å². The molecule has 0 aromatic heterocycles. The van der Waals surface area contributed by atoms with E-state index in [1.165, 1.54) is 5.69 Å². The van der Waals surface area contributed by atoms with Crippen LogP contribution in [-0.4, -0.2) is 67.6 Å². The Morgan fingerprint density at radius 3 is 2.33 bits per heavy atom. The van der Waals surface area contributed by atoms with E-state index in [4.69, 9.17) is 29.1 Å². The summed E-state index contributed by atoms with van der Waals surface area (Å²) in [6.07, 6.45) is 0. The van der Waals surface area contributed by atoms with Crippen LogP contribution in [0.4, 0.5) is 5.69 Å². The van der Waals surface area contributed by atoms with Crippen molar-refractivity contribution in [1.82, 2.24) is 10.2 Å². The number of nitrogens with zero attached hydrogens (tertiary/aromatic N) is 2. The summed E-state index contributed by atoms with van der Waals surface area (Å²) in [4.78, 5) is 15.5. The van der Waals surface area contributed by atoms with Crippen molar-refractivity contribution in [2.45, 2.75) is 6.92 Å². The lowest BCUT2D eigenvalue weighted by molar-refractivity contribution is -0.119. The maximum atomic E-state index is 10.8. The molecule has 3 N–H and O–H groups in total. The Morgan fingerprint density at radius 1 is 1.25 bits per heavy atom. The van der Waals surface area contributed by atoms with E-state index >= 15 is 0 Å². The van der Waals surface area contributed by atoms with Crippen molar-refractivity contribution in [1.29, 1.82) is 0 Å². The molecule has 0 unspecified atom stereocenters. The summed E-state index contributed by atoms with van der Waals surface area (Å²) in [6, 6.07) is 7.99. The molecule has 0 atom stereocenters. The van der Waals surface area contributed by atoms with Gasteiger partial charge in [-0.25, -0.2) is 0 Å². The minimum absolute atomic E-state index is 0.0394. The minimum atomic E-state index is -4.67. The van der Waals surface area contributed by atoms with Gasteiger partial charge in [0.25, 0.3) is 0 Å². The molecule has 1 aliphatic heterocycles. The number of anilines is 1. The van der Waals surface area contributed by atoms with Crippen molar-refractivity contribution in [2.75, 3.05) is 44.2 Å². The largest absolute Gasteiger partial charge is 0.394 e. The van der Waals surface area contributed by atoms with Crippen molar-refractivity contribution in [3.63, 3.8) is 0 Å². The number of hydrogen-bond acceptors (Lipinski definition) is 5. The zero-order valence-corrected chi connectivity index (χ0v) is 14.9. The molecule has 1 amide bonds. The standard InChI is InChI=1S/C14H20ClN3O.H2O4S/c1-12(19)16-5-6-17-7-9-18(10-8-17)14-4-2-3-13(15)11-14;1-5(2,3)4/h2-4,11H,5-10H2,1H3,(H,16,19);(H2,1,2,3,4). The van der Waals surface area contributed by atoms with E-state index in [2.05, 4.69) is 21.2 Å². The van der Waals surface area contributed by atoms with Crippen LogP contribution in [0.1, 0.15) is 6.92 Å². The Bertz CT molecular complexity index is 625. The van der Waals surface area contributed by atoms with Gasteiger partial charge in [-0.15, -0.1) is 0 Å². The summed E-state index contributed by atoms with van der Waals surface area (Å²) < 4.78 is 31.6. The topological polar surface area (TPSA) is 110 Å². The molecule has 0 saturated carbocycles. The number of rotatable bonds is 4. The smallest absolute Gasteiger partial charge is 0.369 e. The molecule has 8 nitrogen and oxygen atoms in total. The van der Waals surface area contributed by atoms with E-state index in [1.54, 1.807) is 6.92 Å². The number of hydrogen-bond donors (Lipinski definition) is 3. The molecule has 0 radical (unpaired) electrons. The van der Waals surface area contributed by atoms with Crippen LogP contribution in [0.15, 0.2) is 24.3 Å². The summed E-state index contributed by atoms with van der Waals surface area (Å²) in [5, 5.41) is 3.61. The third-order valence-corrected chi connectivity index (χ3v) is 3.58. The lowest BCUT2D eigenvalue weighted by Crippen LogP contribution is -2.48. The number of nitrogens with one attached hydrogen (secondary N) is 1. The molecule has 0 bridgehead atoms. The number of piperazine rings is 1. The van der Waals surface area contributed by atoms with E-state index in [9.17, 15) is 4.79 Å². The zero-order chi connectivity index (χ0) is 18.2. The molecule has 0 aliphatic carbocycles. The molecular weight excluding hydrogens is 358 g/mol. The van der Waals surface area contributed by atoms with Crippen LogP contribution in [0.5, 0.6) is 0 Å². The van der Waals surface area contributed by atoms with E-state index in [0.29, 0.717) is 0 Å². The van der Waals surface area contributed by atoms with E-state index in [1.807, 2.05) is 18.2 Å². The molecule has 1 aromatic rings. The molecule has 10 heteroatoms. The van der Waals surface area contributed by atoms with Gasteiger partial charge in [0, 0.05) is 56.9 Å². The normalized spacial score (nSPS) is 15.4. The summed E-state index contributed by atoms with van der Waals surface area (Å²) in [5.74, 6) is 0.0394. The average Bonchev–Trinajstić information content (AvgIpc) is 2.46. The maximum absolute atomic E-state index is 10.8. The van der Waals surface area contributed by atoms with E-state index in [-0.39, 0.29) is 5.91 Å². The number of carbonyl (C=O) groups excluding carboxylic acids is 1. The lowest BCUT2D eigenvalue weighted by Gasteiger charge is -2.36. The number of halogens is 1. The Hall–Kier alpha value is -1.39. The zero-order valence-electron chi connectivity index (χ0n) is 13.4. The monoisotopic (exact) mass is 379 g/mol. The molecule has 0 spiro atoms. The van der Waals surface area contributed by atoms with Crippen molar-refractivity contribution in [2.24, 2.45) is 0 Å². The van der Waals surface area contributed by atoms with Gasteiger partial charge < -0.3 is 10.2 Å². The third-order valence-electron chi connectivity index (χ3n) is 3.35. The Labute approximate surface area is 147 Å². The highest BCUT2D eigenvalue weighted by atomic mass is 35.5. The van der Waals surface area contributed by atoms with Crippen LogP contribution >= 0.6 is 11.6 Å². The highest BCUT2D eigenvalue weighted by molar-refractivity contribution is 7.79. The number of carbonyl (C=O) groups is 1. The summed E-state index contributed by atoms with van der Waals surface area (Å²) in [6.45, 7) is 7.24. The van der Waals surface area contributed by atoms with Crippen molar-refractivity contribution < 1.29 is 22.3 Å². The Kier molecular flexibility index (Phi) is 8.43. The van der Waals surface area contributed by atoms with Gasteiger partial charge in [-0.3, -0.25) is 18.8 Å². The van der Waals surface area contributed by atoms with Gasteiger partial charge in [0.05, 0.1) is 0 Å². The van der Waals surface area contributed by atoms with Crippen molar-refractivity contribution in [3.05, 3.63) is 29.3 Å². The molecule has 1 heterocycles. The first-order valence-corrected chi connectivity index (χ1v) is 9.10. The fraction of sp³-hybridized carbons (Fsp3) is 0.500. The van der Waals surface area contributed by atoms with Crippen LogP contribution < -0.4 is 10.2 Å². The van der Waals surface area contributed by atoms with Crippen LogP contribution in [0, 0.1) is 0 Å². The van der Waals surface area contributed by atoms with Gasteiger partial charge in [0.1, 0.15) is 0 Å². The fourth-order valence-electron chi connectivity index (χ4n) is 2.29. The summed E-state index contributed by atoms with van der Waals surface area (Å²) >= 11 is 6.01. The second-order valence-electron chi connectivity index (χ2n) is 5.24. The Morgan fingerprint density at radius 2 is 1.83 bits per heavy atom. The number of amides is 1. The second kappa shape index (κ2) is 9.80. The van der Waals surface area contributed by atoms with Gasteiger partial charge in [-0.2, -0.15) is 8.42 Å². The second-order valence-corrected chi connectivity index (χ2v) is 6.57. The SMILES string of the molecule is CC(=O)NCCN1CCN(c2cccc(Cl)c2)CC1.O=S(=O)(O)O. The van der Waals surface area contributed by atoms with Gasteiger partial charge in [-0.1, -0.05) is 17.7 Å². The molecule has 1 fully saturated rings. The molecule has 24 heavy (non-hydrogen) atoms. The van der Waals surface area contributed by atoms with Crippen LogP contribution in [0.25, 0.3) is 0 Å². The first-order valence-electron chi connectivity index (χ1n) is 7.32. The summed E-state index contributed by atoms with van der Waals surface area (Å²) in [5.41, 5.74) is 1.19. The highest BCUT2D eigenvalue weighted by Crippen LogP contribution is 2.20. The van der Waals surface area contributed by atoms with Gasteiger partial charge in [0.15, 0.2) is 0 Å². The fourth-order valence-corrected chi connectivity index (χ4v) is 2.48. The molecule has 1 aromatic carbocycles. The highest BCUT2D eigenvalue weighted by Gasteiger charge is 2.16. The lowest BCUT2D eigenvalue weighted by atomic mass is 10.2. The molecule has 1 saturated heterocycles. The quantitative estimate of drug-likeness (QED) is 0.668. The van der Waals surface area contributed by atoms with Gasteiger partial charge in [0.2, 0.25) is 5.91 Å². The average molecular weight is 380 g/mol. The van der Waals surface area contributed by atoms with Crippen molar-refractivity contribution >= 4 is 33.6 Å². The minimum Gasteiger partial charge on any atom is -0.369 e. The number of benzene rings is 1. The first kappa shape index (κ1) is 20.7. The first-order chi connectivity index (χ1) is 11.1. The molecule has 136 valence electrons. The predicted molar refractivity (Wildman–Crippen MR) is 93.0 cm³/mol. The van der Waals surface area contributed by atoms with Crippen molar-refractivity contribution in [3.8, 4) is 0 Å². The van der Waals surface area contributed by atoms with Crippen LogP contribution in [0.2, 0.25) is 5.02 Å². The summed E-state index contributed by atoms with van der Waals surface area (Å²) in [7, 11) is -4.67. The molecular formula is C14H22ClN3O5S. The van der Waals surface area contributed by atoms with Crippen LogP contribution in [-0.2, 0) is 15.2 Å². The Balaban J connectivity index is 0.000000505. The van der Waals surface area contributed by atoms with E-state index in [0.717, 1.165) is 44.3 Å². The molecule has 2 rings (SSSR count). The van der Waals surface area contributed by atoms with Crippen LogP contribution in [0.3, 0.4) is 0 Å². The maximum Gasteiger partial charge on any atom is 0.394 e. The third kappa shape index (κ3) is 9.68. The predicted octanol–water partition coefficient (Wildman–Crippen LogP) is 0.945. The van der Waals surface area contributed by atoms with E-state index < -0.39 is 10.4 Å². The van der Waals surface area contributed by atoms with Gasteiger partial charge in [-0.05, 0) is 18.2 Å². The molecule has 1 aliphatic rings.